The zero-order valence-electron chi connectivity index (χ0n) is 18.6. The van der Waals surface area contributed by atoms with Gasteiger partial charge >= 0.3 is 14.8 Å². The average Bonchev–Trinajstić information content (AvgIpc) is 2.73. The van der Waals surface area contributed by atoms with Crippen molar-refractivity contribution in [2.45, 2.75) is 95.9 Å². The minimum atomic E-state index is -2.35. The van der Waals surface area contributed by atoms with Crippen LogP contribution in [-0.2, 0) is 22.8 Å². The maximum absolute atomic E-state index is 10.9. The summed E-state index contributed by atoms with van der Waals surface area (Å²) in [5.74, 6) is -0.313. The molecule has 0 saturated heterocycles. The van der Waals surface area contributed by atoms with E-state index >= 15 is 0 Å². The van der Waals surface area contributed by atoms with E-state index in [0.29, 0.717) is 6.61 Å². The zero-order chi connectivity index (χ0) is 20.9. The van der Waals surface area contributed by atoms with Crippen molar-refractivity contribution in [1.82, 2.24) is 0 Å². The Hall–Kier alpha value is -0.693. The van der Waals surface area contributed by atoms with Crippen molar-refractivity contribution in [1.29, 1.82) is 0 Å². The highest BCUT2D eigenvalue weighted by Crippen LogP contribution is 2.18. The molecule has 0 spiro atoms. The molecule has 0 aliphatic rings. The summed E-state index contributed by atoms with van der Waals surface area (Å²) in [4.78, 5) is 10.9. The summed E-state index contributed by atoms with van der Waals surface area (Å²) >= 11 is 0. The third kappa shape index (κ3) is 15.3. The van der Waals surface area contributed by atoms with Gasteiger partial charge in [0.15, 0.2) is 0 Å². The SMILES string of the molecule is C=CC(=O)OCCCCCCCCCCCCCCCC[Si](OC)(OC)OC. The maximum atomic E-state index is 10.9. The van der Waals surface area contributed by atoms with E-state index in [-0.39, 0.29) is 5.97 Å². The fourth-order valence-electron chi connectivity index (χ4n) is 3.35. The fraction of sp³-hybridized carbons (Fsp3) is 0.864. The third-order valence-corrected chi connectivity index (χ3v) is 8.05. The standard InChI is InChI=1S/C22H44O5Si/c1-5-22(23)27-20-18-16-14-12-10-8-6-7-9-11-13-15-17-19-21-28(24-2,25-3)26-4/h5H,1,6-21H2,2-4H3. The second-order valence-corrected chi connectivity index (χ2v) is 10.5. The van der Waals surface area contributed by atoms with Gasteiger partial charge in [-0.05, 0) is 12.8 Å². The van der Waals surface area contributed by atoms with Crippen LogP contribution >= 0.6 is 0 Å². The highest BCUT2D eigenvalue weighted by Gasteiger charge is 2.36. The Labute approximate surface area is 174 Å². The van der Waals surface area contributed by atoms with Gasteiger partial charge < -0.3 is 18.0 Å². The van der Waals surface area contributed by atoms with E-state index in [1.54, 1.807) is 21.3 Å². The van der Waals surface area contributed by atoms with Crippen LogP contribution in [0.1, 0.15) is 89.9 Å². The third-order valence-electron chi connectivity index (χ3n) is 5.22. The van der Waals surface area contributed by atoms with Crippen LogP contribution < -0.4 is 0 Å². The Balaban J connectivity index is 3.24. The number of rotatable bonds is 21. The molecule has 6 heteroatoms. The molecule has 0 heterocycles. The molecule has 0 radical (unpaired) electrons. The van der Waals surface area contributed by atoms with Gasteiger partial charge in [-0.1, -0.05) is 83.6 Å². The first-order chi connectivity index (χ1) is 13.6. The maximum Gasteiger partial charge on any atom is 0.500 e. The number of carbonyl (C=O) groups excluding carboxylic acids is 1. The molecule has 0 amide bonds. The summed E-state index contributed by atoms with van der Waals surface area (Å²) in [6, 6.07) is 0.913. The molecule has 0 aromatic rings. The molecular weight excluding hydrogens is 372 g/mol. The molecule has 0 fully saturated rings. The van der Waals surface area contributed by atoms with Gasteiger partial charge in [-0.2, -0.15) is 0 Å². The van der Waals surface area contributed by atoms with Crippen LogP contribution in [0, 0.1) is 0 Å². The lowest BCUT2D eigenvalue weighted by Crippen LogP contribution is -2.42. The molecular formula is C22H44O5Si. The smallest absolute Gasteiger partial charge is 0.463 e. The quantitative estimate of drug-likeness (QED) is 0.0985. The van der Waals surface area contributed by atoms with Crippen LogP contribution in [-0.4, -0.2) is 42.7 Å². The molecule has 0 unspecified atom stereocenters. The summed E-state index contributed by atoms with van der Waals surface area (Å²) in [5, 5.41) is 0. The van der Waals surface area contributed by atoms with E-state index in [1.807, 2.05) is 0 Å². The van der Waals surface area contributed by atoms with Crippen LogP contribution in [0.2, 0.25) is 6.04 Å². The zero-order valence-corrected chi connectivity index (χ0v) is 19.6. The van der Waals surface area contributed by atoms with Crippen molar-refractivity contribution in [3.63, 3.8) is 0 Å². The van der Waals surface area contributed by atoms with Crippen molar-refractivity contribution in [2.24, 2.45) is 0 Å². The first kappa shape index (κ1) is 27.3. The van der Waals surface area contributed by atoms with Gasteiger partial charge in [0.2, 0.25) is 0 Å². The normalized spacial score (nSPS) is 11.5. The van der Waals surface area contributed by atoms with Gasteiger partial charge in [-0.15, -0.1) is 0 Å². The second-order valence-electron chi connectivity index (χ2n) is 7.37. The Morgan fingerprint density at radius 2 is 1.04 bits per heavy atom. The summed E-state index contributed by atoms with van der Waals surface area (Å²) in [6.07, 6.45) is 19.0. The van der Waals surface area contributed by atoms with E-state index < -0.39 is 8.80 Å². The molecule has 28 heavy (non-hydrogen) atoms. The molecule has 0 aromatic carbocycles. The molecule has 0 aliphatic heterocycles. The Morgan fingerprint density at radius 3 is 1.39 bits per heavy atom. The predicted octanol–water partition coefficient (Wildman–Crippen LogP) is 6.06. The molecule has 0 bridgehead atoms. The molecule has 0 saturated carbocycles. The molecule has 0 aliphatic carbocycles. The van der Waals surface area contributed by atoms with Crippen molar-refractivity contribution in [3.05, 3.63) is 12.7 Å². The summed E-state index contributed by atoms with van der Waals surface area (Å²) in [5.41, 5.74) is 0. The molecule has 0 aromatic heterocycles. The lowest BCUT2D eigenvalue weighted by molar-refractivity contribution is -0.137. The average molecular weight is 417 g/mol. The largest absolute Gasteiger partial charge is 0.500 e. The lowest BCUT2D eigenvalue weighted by Gasteiger charge is -2.24. The summed E-state index contributed by atoms with van der Waals surface area (Å²) in [6.45, 7) is 3.91. The second kappa shape index (κ2) is 19.6. The molecule has 0 atom stereocenters. The van der Waals surface area contributed by atoms with Crippen LogP contribution in [0.15, 0.2) is 12.7 Å². The topological polar surface area (TPSA) is 54.0 Å². The summed E-state index contributed by atoms with van der Waals surface area (Å²) < 4.78 is 21.3. The number of esters is 1. The first-order valence-corrected chi connectivity index (χ1v) is 13.0. The number of carbonyl (C=O) groups is 1. The van der Waals surface area contributed by atoms with E-state index in [1.165, 1.54) is 76.7 Å². The van der Waals surface area contributed by atoms with Crippen LogP contribution in [0.4, 0.5) is 0 Å². The number of hydrogen-bond acceptors (Lipinski definition) is 5. The minimum Gasteiger partial charge on any atom is -0.463 e. The van der Waals surface area contributed by atoms with E-state index in [0.717, 1.165) is 25.3 Å². The predicted molar refractivity (Wildman–Crippen MR) is 117 cm³/mol. The van der Waals surface area contributed by atoms with Crippen molar-refractivity contribution >= 4 is 14.8 Å². The lowest BCUT2D eigenvalue weighted by atomic mass is 10.0. The van der Waals surface area contributed by atoms with Gasteiger partial charge in [0.25, 0.3) is 0 Å². The van der Waals surface area contributed by atoms with Gasteiger partial charge in [0.05, 0.1) is 6.61 Å². The van der Waals surface area contributed by atoms with Crippen LogP contribution in [0.25, 0.3) is 0 Å². The van der Waals surface area contributed by atoms with E-state index in [2.05, 4.69) is 6.58 Å². The van der Waals surface area contributed by atoms with Crippen molar-refractivity contribution < 1.29 is 22.8 Å². The Kier molecular flexibility index (Phi) is 19.1. The molecule has 5 nitrogen and oxygen atoms in total. The van der Waals surface area contributed by atoms with Crippen LogP contribution in [0.3, 0.4) is 0 Å². The van der Waals surface area contributed by atoms with Gasteiger partial charge in [-0.25, -0.2) is 4.79 Å². The molecule has 0 rings (SSSR count). The highest BCUT2D eigenvalue weighted by atomic mass is 28.4. The van der Waals surface area contributed by atoms with E-state index in [9.17, 15) is 4.79 Å². The molecule has 166 valence electrons. The summed E-state index contributed by atoms with van der Waals surface area (Å²) in [7, 11) is 2.70. The number of ether oxygens (including phenoxy) is 1. The van der Waals surface area contributed by atoms with Crippen molar-refractivity contribution in [3.8, 4) is 0 Å². The Morgan fingerprint density at radius 1 is 0.679 bits per heavy atom. The number of hydrogen-bond donors (Lipinski definition) is 0. The fourth-order valence-corrected chi connectivity index (χ4v) is 5.15. The first-order valence-electron chi connectivity index (χ1n) is 11.1. The Bertz CT molecular complexity index is 364. The number of unbranched alkanes of at least 4 members (excludes halogenated alkanes) is 13. The van der Waals surface area contributed by atoms with Gasteiger partial charge in [0, 0.05) is 33.4 Å². The van der Waals surface area contributed by atoms with E-state index in [4.69, 9.17) is 18.0 Å². The minimum absolute atomic E-state index is 0.313. The van der Waals surface area contributed by atoms with Crippen LogP contribution in [0.5, 0.6) is 0 Å². The van der Waals surface area contributed by atoms with Gasteiger partial charge in [-0.3, -0.25) is 0 Å². The van der Waals surface area contributed by atoms with Crippen molar-refractivity contribution in [2.75, 3.05) is 27.9 Å². The van der Waals surface area contributed by atoms with Gasteiger partial charge in [0.1, 0.15) is 0 Å². The highest BCUT2D eigenvalue weighted by molar-refractivity contribution is 6.60. The molecule has 0 N–H and O–H groups in total. The monoisotopic (exact) mass is 416 g/mol.